The predicted molar refractivity (Wildman–Crippen MR) is 146 cm³/mol. The molecule has 9 heteroatoms. The summed E-state index contributed by atoms with van der Waals surface area (Å²) in [4.78, 5) is 36.1. The second-order valence-electron chi connectivity index (χ2n) is 11.0. The number of amides is 1. The number of fused-ring (bicyclic) bond motifs is 1. The van der Waals surface area contributed by atoms with E-state index < -0.39 is 0 Å². The van der Waals surface area contributed by atoms with E-state index in [1.54, 1.807) is 6.20 Å². The first kappa shape index (κ1) is 25.4. The highest BCUT2D eigenvalue weighted by Gasteiger charge is 2.29. The SMILES string of the molecule is Cc1cc(C)c(CNC(=O)c2cc(N3CCC(C4CCNCC4)CC3)nc3c2cnn3C(C)C)c(=O)[nH]1. The van der Waals surface area contributed by atoms with Gasteiger partial charge in [-0.25, -0.2) is 9.67 Å². The van der Waals surface area contributed by atoms with Crippen molar-refractivity contribution >= 4 is 22.8 Å². The van der Waals surface area contributed by atoms with E-state index in [0.29, 0.717) is 11.1 Å². The van der Waals surface area contributed by atoms with Gasteiger partial charge in [0.05, 0.1) is 17.1 Å². The van der Waals surface area contributed by atoms with Crippen LogP contribution in [0.4, 0.5) is 5.82 Å². The Kier molecular flexibility index (Phi) is 7.33. The minimum Gasteiger partial charge on any atom is -0.357 e. The molecule has 37 heavy (non-hydrogen) atoms. The Morgan fingerprint density at radius 1 is 1.11 bits per heavy atom. The molecule has 0 spiro atoms. The zero-order valence-electron chi connectivity index (χ0n) is 22.4. The normalized spacial score (nSPS) is 17.6. The number of piperidine rings is 2. The third-order valence-electron chi connectivity index (χ3n) is 8.12. The van der Waals surface area contributed by atoms with Crippen LogP contribution in [-0.2, 0) is 6.54 Å². The molecule has 3 aromatic rings. The summed E-state index contributed by atoms with van der Waals surface area (Å²) < 4.78 is 1.88. The molecular weight excluding hydrogens is 466 g/mol. The molecule has 1 amide bonds. The molecule has 5 rings (SSSR count). The van der Waals surface area contributed by atoms with Crippen molar-refractivity contribution < 1.29 is 4.79 Å². The van der Waals surface area contributed by atoms with Gasteiger partial charge in [0.1, 0.15) is 5.82 Å². The van der Waals surface area contributed by atoms with E-state index >= 15 is 0 Å². The molecule has 2 aliphatic heterocycles. The van der Waals surface area contributed by atoms with Gasteiger partial charge in [-0.15, -0.1) is 0 Å². The smallest absolute Gasteiger partial charge is 0.253 e. The zero-order valence-corrected chi connectivity index (χ0v) is 22.4. The fourth-order valence-electron chi connectivity index (χ4n) is 6.01. The van der Waals surface area contributed by atoms with E-state index in [1.807, 2.05) is 30.7 Å². The molecule has 0 atom stereocenters. The maximum Gasteiger partial charge on any atom is 0.253 e. The van der Waals surface area contributed by atoms with Crippen molar-refractivity contribution in [3.63, 3.8) is 0 Å². The summed E-state index contributed by atoms with van der Waals surface area (Å²) in [5.74, 6) is 2.19. The van der Waals surface area contributed by atoms with Crippen LogP contribution in [0.1, 0.15) is 72.8 Å². The zero-order chi connectivity index (χ0) is 26.1. The van der Waals surface area contributed by atoms with Crippen molar-refractivity contribution in [2.75, 3.05) is 31.1 Å². The topological polar surface area (TPSA) is 108 Å². The van der Waals surface area contributed by atoms with Gasteiger partial charge in [-0.1, -0.05) is 0 Å². The fraction of sp³-hybridized carbons (Fsp3) is 0.571. The molecule has 5 heterocycles. The molecule has 0 bridgehead atoms. The van der Waals surface area contributed by atoms with Gasteiger partial charge in [0.2, 0.25) is 0 Å². The molecule has 0 aromatic carbocycles. The van der Waals surface area contributed by atoms with Crippen LogP contribution in [-0.4, -0.2) is 51.8 Å². The predicted octanol–water partition coefficient (Wildman–Crippen LogP) is 3.46. The van der Waals surface area contributed by atoms with Gasteiger partial charge < -0.3 is 20.5 Å². The first-order valence-corrected chi connectivity index (χ1v) is 13.6. The summed E-state index contributed by atoms with van der Waals surface area (Å²) in [6.45, 7) is 12.2. The van der Waals surface area contributed by atoms with Crippen LogP contribution in [0.2, 0.25) is 0 Å². The molecule has 2 fully saturated rings. The molecular formula is C28H39N7O2. The van der Waals surface area contributed by atoms with Crippen LogP contribution in [0.3, 0.4) is 0 Å². The molecule has 198 valence electrons. The van der Waals surface area contributed by atoms with Crippen molar-refractivity contribution in [2.45, 2.75) is 66.0 Å². The molecule has 0 radical (unpaired) electrons. The molecule has 0 aliphatic carbocycles. The van der Waals surface area contributed by atoms with Crippen LogP contribution in [0.15, 0.2) is 23.1 Å². The van der Waals surface area contributed by atoms with Crippen molar-refractivity contribution in [3.05, 3.63) is 51.1 Å². The summed E-state index contributed by atoms with van der Waals surface area (Å²) in [5, 5.41) is 11.7. The van der Waals surface area contributed by atoms with Crippen LogP contribution < -0.4 is 21.1 Å². The summed E-state index contributed by atoms with van der Waals surface area (Å²) >= 11 is 0. The molecule has 3 N–H and O–H groups in total. The minimum atomic E-state index is -0.221. The molecule has 9 nitrogen and oxygen atoms in total. The Labute approximate surface area is 218 Å². The van der Waals surface area contributed by atoms with E-state index in [-0.39, 0.29) is 24.1 Å². The average Bonchev–Trinajstić information content (AvgIpc) is 3.32. The average molecular weight is 506 g/mol. The van der Waals surface area contributed by atoms with Gasteiger partial charge in [-0.05, 0) is 96.0 Å². The Morgan fingerprint density at radius 2 is 1.81 bits per heavy atom. The highest BCUT2D eigenvalue weighted by molar-refractivity contribution is 6.06. The lowest BCUT2D eigenvalue weighted by Gasteiger charge is -2.38. The van der Waals surface area contributed by atoms with Crippen LogP contribution in [0.5, 0.6) is 0 Å². The number of pyridine rings is 2. The standard InChI is InChI=1S/C28H39N7O2/c1-17(2)35-26-24(16-31-35)22(27(36)30-15-23-18(3)13-19(4)32-28(23)37)14-25(33-26)34-11-7-21(8-12-34)20-5-9-29-10-6-20/h13-14,16-17,20-21,29H,5-12,15H2,1-4H3,(H,30,36)(H,32,37). The molecule has 0 saturated carbocycles. The van der Waals surface area contributed by atoms with E-state index in [1.165, 1.54) is 12.8 Å². The number of carbonyl (C=O) groups excluding carboxylic acids is 1. The van der Waals surface area contributed by atoms with Crippen LogP contribution in [0, 0.1) is 25.7 Å². The quantitative estimate of drug-likeness (QED) is 0.474. The molecule has 2 aliphatic rings. The summed E-state index contributed by atoms with van der Waals surface area (Å²) in [6.07, 6.45) is 6.59. The lowest BCUT2D eigenvalue weighted by atomic mass is 9.79. The Bertz CT molecular complexity index is 1330. The number of rotatable bonds is 6. The number of aromatic nitrogens is 4. The fourth-order valence-corrected chi connectivity index (χ4v) is 6.01. The summed E-state index contributed by atoms with van der Waals surface area (Å²) in [7, 11) is 0. The number of nitrogens with zero attached hydrogens (tertiary/aromatic N) is 4. The number of aryl methyl sites for hydroxylation is 2. The van der Waals surface area contributed by atoms with E-state index in [2.05, 4.69) is 39.5 Å². The van der Waals surface area contributed by atoms with Gasteiger partial charge in [-0.3, -0.25) is 9.59 Å². The molecule has 3 aromatic heterocycles. The number of carbonyl (C=O) groups is 1. The number of hydrogen-bond acceptors (Lipinski definition) is 6. The number of nitrogens with one attached hydrogen (secondary N) is 3. The Hall–Kier alpha value is -3.20. The first-order valence-electron chi connectivity index (χ1n) is 13.6. The lowest BCUT2D eigenvalue weighted by Crippen LogP contribution is -2.39. The minimum absolute atomic E-state index is 0.121. The van der Waals surface area contributed by atoms with E-state index in [4.69, 9.17) is 4.98 Å². The highest BCUT2D eigenvalue weighted by Crippen LogP contribution is 2.33. The van der Waals surface area contributed by atoms with Gasteiger partial charge in [0.25, 0.3) is 11.5 Å². The van der Waals surface area contributed by atoms with Gasteiger partial charge in [-0.2, -0.15) is 5.10 Å². The van der Waals surface area contributed by atoms with Crippen molar-refractivity contribution in [1.82, 2.24) is 30.4 Å². The van der Waals surface area contributed by atoms with Gasteiger partial charge in [0.15, 0.2) is 5.65 Å². The number of H-pyrrole nitrogens is 1. The van der Waals surface area contributed by atoms with Crippen LogP contribution >= 0.6 is 0 Å². The maximum atomic E-state index is 13.5. The third kappa shape index (κ3) is 5.28. The number of aromatic amines is 1. The molecule has 0 unspecified atom stereocenters. The summed E-state index contributed by atoms with van der Waals surface area (Å²) in [5.41, 5.74) is 3.36. The van der Waals surface area contributed by atoms with Gasteiger partial charge in [0, 0.05) is 36.9 Å². The Balaban J connectivity index is 1.40. The number of hydrogen-bond donors (Lipinski definition) is 3. The number of anilines is 1. The molecule has 2 saturated heterocycles. The van der Waals surface area contributed by atoms with Crippen molar-refractivity contribution in [3.8, 4) is 0 Å². The Morgan fingerprint density at radius 3 is 2.49 bits per heavy atom. The largest absolute Gasteiger partial charge is 0.357 e. The highest BCUT2D eigenvalue weighted by atomic mass is 16.1. The second-order valence-corrected chi connectivity index (χ2v) is 11.0. The lowest BCUT2D eigenvalue weighted by molar-refractivity contribution is 0.0952. The monoisotopic (exact) mass is 505 g/mol. The van der Waals surface area contributed by atoms with Crippen molar-refractivity contribution in [1.29, 1.82) is 0 Å². The van der Waals surface area contributed by atoms with Crippen LogP contribution in [0.25, 0.3) is 11.0 Å². The summed E-state index contributed by atoms with van der Waals surface area (Å²) in [6, 6.07) is 3.95. The van der Waals surface area contributed by atoms with E-state index in [9.17, 15) is 9.59 Å². The van der Waals surface area contributed by atoms with Crippen molar-refractivity contribution in [2.24, 2.45) is 11.8 Å². The maximum absolute atomic E-state index is 13.5. The second kappa shape index (κ2) is 10.7. The van der Waals surface area contributed by atoms with E-state index in [0.717, 1.165) is 79.0 Å². The first-order chi connectivity index (χ1) is 17.8. The third-order valence-corrected chi connectivity index (χ3v) is 8.12. The van der Waals surface area contributed by atoms with Gasteiger partial charge >= 0.3 is 0 Å².